The zero-order valence-corrected chi connectivity index (χ0v) is 20.2. The van der Waals surface area contributed by atoms with Gasteiger partial charge < -0.3 is 9.64 Å². The van der Waals surface area contributed by atoms with Crippen molar-refractivity contribution in [1.82, 2.24) is 15.1 Å². The smallest absolute Gasteiger partial charge is 0.329 e. The Kier molecular flexibility index (Phi) is 11.6. The van der Waals surface area contributed by atoms with E-state index in [0.717, 1.165) is 56.5 Å². The maximum atomic E-state index is 13.3. The summed E-state index contributed by atoms with van der Waals surface area (Å²) in [5.41, 5.74) is 0. The second kappa shape index (κ2) is 14.2. The number of hydrogen-bond donors (Lipinski definition) is 0. The zero-order valence-electron chi connectivity index (χ0n) is 19.3. The average Bonchev–Trinajstić information content (AvgIpc) is 3.21. The summed E-state index contributed by atoms with van der Waals surface area (Å²) in [5.74, 6) is -0.287. The number of hydrogen-bond acceptors (Lipinski definition) is 6. The Morgan fingerprint density at radius 2 is 1.94 bits per heavy atom. The number of esters is 1. The quantitative estimate of drug-likeness (QED) is 0.206. The molecule has 0 radical (unpaired) electrons. The first-order valence-corrected chi connectivity index (χ1v) is 12.6. The SMILES string of the molecule is C/C=C/CCC(=O)OC1CCN(CCCCCC)C(=O)N1c1nnc(CCCCC)s1. The summed E-state index contributed by atoms with van der Waals surface area (Å²) in [5, 5.41) is 10.0. The van der Waals surface area contributed by atoms with Crippen molar-refractivity contribution in [2.45, 2.75) is 97.6 Å². The fraction of sp³-hybridized carbons (Fsp3) is 0.739. The number of carbonyl (C=O) groups excluding carboxylic acids is 2. The standard InChI is InChI=1S/C23H38N4O3S/c1-4-7-10-13-17-26-18-16-20(30-21(28)15-12-9-6-3)27(23(26)29)22-25-24-19(31-22)14-11-8-5-2/h6,9,20H,4-5,7-8,10-18H2,1-3H3/b9-6+. The summed E-state index contributed by atoms with van der Waals surface area (Å²) >= 11 is 1.43. The van der Waals surface area contributed by atoms with Gasteiger partial charge in [-0.15, -0.1) is 10.2 Å². The summed E-state index contributed by atoms with van der Waals surface area (Å²) in [6.45, 7) is 7.59. The molecule has 0 spiro atoms. The Hall–Kier alpha value is -1.96. The highest BCUT2D eigenvalue weighted by molar-refractivity contribution is 7.15. The third-order valence-corrected chi connectivity index (χ3v) is 6.35. The third kappa shape index (κ3) is 8.24. The molecule has 1 aliphatic rings. The number of carbonyl (C=O) groups is 2. The molecule has 8 heteroatoms. The maximum Gasteiger partial charge on any atom is 0.329 e. The van der Waals surface area contributed by atoms with Crippen LogP contribution in [0.3, 0.4) is 0 Å². The molecule has 2 rings (SSSR count). The highest BCUT2D eigenvalue weighted by Gasteiger charge is 2.38. The van der Waals surface area contributed by atoms with Gasteiger partial charge in [0.2, 0.25) is 5.13 Å². The minimum Gasteiger partial charge on any atom is -0.441 e. The summed E-state index contributed by atoms with van der Waals surface area (Å²) < 4.78 is 5.72. The van der Waals surface area contributed by atoms with Crippen molar-refractivity contribution in [1.29, 1.82) is 0 Å². The normalized spacial score (nSPS) is 17.0. The molecule has 2 amide bonds. The molecule has 1 aromatic rings. The third-order valence-electron chi connectivity index (χ3n) is 5.37. The Bertz CT molecular complexity index is 707. The number of anilines is 1. The van der Waals surface area contributed by atoms with Crippen molar-refractivity contribution in [2.75, 3.05) is 18.0 Å². The number of aryl methyl sites for hydroxylation is 1. The van der Waals surface area contributed by atoms with Gasteiger partial charge >= 0.3 is 12.0 Å². The molecule has 0 saturated carbocycles. The van der Waals surface area contributed by atoms with E-state index >= 15 is 0 Å². The molecule has 7 nitrogen and oxygen atoms in total. The maximum absolute atomic E-state index is 13.3. The fourth-order valence-corrected chi connectivity index (χ4v) is 4.48. The molecule has 1 fully saturated rings. The van der Waals surface area contributed by atoms with Crippen LogP contribution in [0.2, 0.25) is 0 Å². The molecular weight excluding hydrogens is 412 g/mol. The minimum absolute atomic E-state index is 0.134. The van der Waals surface area contributed by atoms with Crippen LogP contribution >= 0.6 is 11.3 Å². The zero-order chi connectivity index (χ0) is 22.5. The Balaban J connectivity index is 2.09. The van der Waals surface area contributed by atoms with Crippen molar-refractivity contribution >= 4 is 28.5 Å². The molecule has 0 bridgehead atoms. The number of allylic oxidation sites excluding steroid dienone is 2. The van der Waals surface area contributed by atoms with Gasteiger partial charge in [-0.1, -0.05) is 69.4 Å². The molecule has 0 aliphatic carbocycles. The molecule has 1 aromatic heterocycles. The number of aromatic nitrogens is 2. The Morgan fingerprint density at radius 3 is 2.68 bits per heavy atom. The number of nitrogens with zero attached hydrogens (tertiary/aromatic N) is 4. The van der Waals surface area contributed by atoms with Gasteiger partial charge in [-0.3, -0.25) is 4.79 Å². The van der Waals surface area contributed by atoms with Crippen LogP contribution in [-0.2, 0) is 16.0 Å². The lowest BCUT2D eigenvalue weighted by atomic mass is 10.2. The lowest BCUT2D eigenvalue weighted by molar-refractivity contribution is -0.149. The van der Waals surface area contributed by atoms with Gasteiger partial charge in [0.25, 0.3) is 0 Å². The monoisotopic (exact) mass is 450 g/mol. The number of amides is 2. The molecule has 2 heterocycles. The topological polar surface area (TPSA) is 75.6 Å². The van der Waals surface area contributed by atoms with Crippen molar-refractivity contribution in [2.24, 2.45) is 0 Å². The van der Waals surface area contributed by atoms with E-state index in [4.69, 9.17) is 4.74 Å². The van der Waals surface area contributed by atoms with Crippen molar-refractivity contribution < 1.29 is 14.3 Å². The van der Waals surface area contributed by atoms with Crippen LogP contribution in [0.1, 0.15) is 90.0 Å². The van der Waals surface area contributed by atoms with Gasteiger partial charge in [-0.25, -0.2) is 9.69 Å². The second-order valence-electron chi connectivity index (χ2n) is 7.98. The number of rotatable bonds is 14. The van der Waals surface area contributed by atoms with E-state index in [1.54, 1.807) is 4.90 Å². The van der Waals surface area contributed by atoms with Gasteiger partial charge in [0.05, 0.1) is 0 Å². The van der Waals surface area contributed by atoms with Crippen molar-refractivity contribution in [3.05, 3.63) is 17.2 Å². The van der Waals surface area contributed by atoms with Crippen molar-refractivity contribution in [3.63, 3.8) is 0 Å². The van der Waals surface area contributed by atoms with Crippen LogP contribution in [0.15, 0.2) is 12.2 Å². The largest absolute Gasteiger partial charge is 0.441 e. The van der Waals surface area contributed by atoms with E-state index in [1.807, 2.05) is 24.0 Å². The predicted molar refractivity (Wildman–Crippen MR) is 125 cm³/mol. The Morgan fingerprint density at radius 1 is 1.16 bits per heavy atom. The van der Waals surface area contributed by atoms with Gasteiger partial charge in [0.15, 0.2) is 6.23 Å². The minimum atomic E-state index is -0.617. The molecule has 1 saturated heterocycles. The molecule has 0 N–H and O–H groups in total. The summed E-state index contributed by atoms with van der Waals surface area (Å²) in [6, 6.07) is -0.134. The van der Waals surface area contributed by atoms with E-state index in [0.29, 0.717) is 30.9 Å². The summed E-state index contributed by atoms with van der Waals surface area (Å²) in [7, 11) is 0. The molecular formula is C23H38N4O3S. The average molecular weight is 451 g/mol. The Labute approximate surface area is 190 Å². The molecule has 0 aromatic carbocycles. The predicted octanol–water partition coefficient (Wildman–Crippen LogP) is 5.71. The van der Waals surface area contributed by atoms with E-state index in [1.165, 1.54) is 17.8 Å². The van der Waals surface area contributed by atoms with E-state index in [2.05, 4.69) is 24.0 Å². The van der Waals surface area contributed by atoms with Crippen LogP contribution in [0.25, 0.3) is 0 Å². The lowest BCUT2D eigenvalue weighted by Gasteiger charge is -2.39. The molecule has 1 unspecified atom stereocenters. The van der Waals surface area contributed by atoms with Gasteiger partial charge in [0.1, 0.15) is 5.01 Å². The second-order valence-corrected chi connectivity index (χ2v) is 9.02. The van der Waals surface area contributed by atoms with Gasteiger partial charge in [-0.2, -0.15) is 0 Å². The molecule has 174 valence electrons. The molecule has 1 aliphatic heterocycles. The number of ether oxygens (including phenoxy) is 1. The lowest BCUT2D eigenvalue weighted by Crippen LogP contribution is -2.56. The van der Waals surface area contributed by atoms with E-state index < -0.39 is 6.23 Å². The van der Waals surface area contributed by atoms with Crippen LogP contribution in [0.5, 0.6) is 0 Å². The van der Waals surface area contributed by atoms with Crippen LogP contribution in [0.4, 0.5) is 9.93 Å². The van der Waals surface area contributed by atoms with Gasteiger partial charge in [-0.05, 0) is 26.2 Å². The van der Waals surface area contributed by atoms with Crippen LogP contribution in [-0.4, -0.2) is 46.4 Å². The van der Waals surface area contributed by atoms with Crippen molar-refractivity contribution in [3.8, 4) is 0 Å². The van der Waals surface area contributed by atoms with Gasteiger partial charge in [0, 0.05) is 32.4 Å². The number of unbranched alkanes of at least 4 members (excludes halogenated alkanes) is 5. The molecule has 31 heavy (non-hydrogen) atoms. The first kappa shape index (κ1) is 25.3. The van der Waals surface area contributed by atoms with E-state index in [9.17, 15) is 9.59 Å². The fourth-order valence-electron chi connectivity index (χ4n) is 3.57. The van der Waals surface area contributed by atoms with Crippen LogP contribution in [0, 0.1) is 0 Å². The summed E-state index contributed by atoms with van der Waals surface area (Å²) in [4.78, 5) is 29.0. The van der Waals surface area contributed by atoms with E-state index in [-0.39, 0.29) is 12.0 Å². The number of urea groups is 1. The first-order valence-electron chi connectivity index (χ1n) is 11.8. The molecule has 1 atom stereocenters. The van der Waals surface area contributed by atoms with Crippen LogP contribution < -0.4 is 4.90 Å². The first-order chi connectivity index (χ1) is 15.1. The highest BCUT2D eigenvalue weighted by atomic mass is 32.1. The summed E-state index contributed by atoms with van der Waals surface area (Å²) in [6.07, 6.45) is 13.4. The highest BCUT2D eigenvalue weighted by Crippen LogP contribution is 2.29.